The highest BCUT2D eigenvalue weighted by atomic mass is 79.9. The van der Waals surface area contributed by atoms with Gasteiger partial charge in [0, 0.05) is 20.3 Å². The topological polar surface area (TPSA) is 92.9 Å². The lowest BCUT2D eigenvalue weighted by atomic mass is 10.2. The maximum Gasteiger partial charge on any atom is 0.257 e. The smallest absolute Gasteiger partial charge is 0.257 e. The van der Waals surface area contributed by atoms with Gasteiger partial charge in [0.25, 0.3) is 5.95 Å². The molecule has 2 N–H and O–H groups in total. The summed E-state index contributed by atoms with van der Waals surface area (Å²) >= 11 is 6.89. The molecule has 156 valence electrons. The first-order valence-corrected chi connectivity index (χ1v) is 10.9. The van der Waals surface area contributed by atoms with E-state index in [0.29, 0.717) is 17.8 Å². The maximum absolute atomic E-state index is 4.53. The standard InChI is InChI=1S/C21H18Br2N8/c1-13-10-14(2)31(30-13)21-27-19(25-18-8-6-16(22)7-9-18)26-20(28-21)29-24-12-15-4-3-5-17(23)11-15/h3-12H,1-2H3,(H2,25,26,27,28,29)/b24-12-. The molecule has 0 saturated heterocycles. The van der Waals surface area contributed by atoms with Crippen molar-refractivity contribution in [2.24, 2.45) is 5.10 Å². The van der Waals surface area contributed by atoms with Crippen LogP contribution in [0.1, 0.15) is 17.0 Å². The van der Waals surface area contributed by atoms with Gasteiger partial charge in [-0.1, -0.05) is 44.0 Å². The molecule has 10 heteroatoms. The van der Waals surface area contributed by atoms with Crippen LogP contribution in [0.3, 0.4) is 0 Å². The van der Waals surface area contributed by atoms with Crippen molar-refractivity contribution in [3.63, 3.8) is 0 Å². The molecule has 4 aromatic rings. The molecule has 31 heavy (non-hydrogen) atoms. The van der Waals surface area contributed by atoms with E-state index >= 15 is 0 Å². The molecule has 0 aliphatic rings. The summed E-state index contributed by atoms with van der Waals surface area (Å²) in [7, 11) is 0. The molecule has 8 nitrogen and oxygen atoms in total. The summed E-state index contributed by atoms with van der Waals surface area (Å²) in [6.45, 7) is 3.87. The summed E-state index contributed by atoms with van der Waals surface area (Å²) in [6.07, 6.45) is 1.69. The molecule has 0 fully saturated rings. The van der Waals surface area contributed by atoms with Gasteiger partial charge in [-0.3, -0.25) is 0 Å². The van der Waals surface area contributed by atoms with Gasteiger partial charge in [0.15, 0.2) is 0 Å². The van der Waals surface area contributed by atoms with E-state index in [9.17, 15) is 0 Å². The third kappa shape index (κ3) is 5.53. The molecule has 0 aliphatic heterocycles. The van der Waals surface area contributed by atoms with Gasteiger partial charge in [-0.15, -0.1) is 0 Å². The fraction of sp³-hybridized carbons (Fsp3) is 0.0952. The van der Waals surface area contributed by atoms with Crippen molar-refractivity contribution in [1.82, 2.24) is 24.7 Å². The van der Waals surface area contributed by atoms with Crippen molar-refractivity contribution in [2.75, 3.05) is 10.7 Å². The monoisotopic (exact) mass is 540 g/mol. The largest absolute Gasteiger partial charge is 0.324 e. The predicted octanol–water partition coefficient (Wildman–Crippen LogP) is 5.39. The lowest BCUT2D eigenvalue weighted by Crippen LogP contribution is -2.11. The van der Waals surface area contributed by atoms with Crippen LogP contribution in [0, 0.1) is 13.8 Å². The van der Waals surface area contributed by atoms with Crippen LogP contribution in [0.2, 0.25) is 0 Å². The van der Waals surface area contributed by atoms with Crippen LogP contribution < -0.4 is 10.7 Å². The van der Waals surface area contributed by atoms with E-state index in [1.807, 2.05) is 68.4 Å². The van der Waals surface area contributed by atoms with Gasteiger partial charge in [-0.2, -0.15) is 25.2 Å². The van der Waals surface area contributed by atoms with Crippen molar-refractivity contribution >= 4 is 55.7 Å². The number of benzene rings is 2. The molecule has 2 aromatic heterocycles. The Bertz CT molecular complexity index is 1230. The minimum Gasteiger partial charge on any atom is -0.324 e. The first-order chi connectivity index (χ1) is 15.0. The van der Waals surface area contributed by atoms with E-state index < -0.39 is 0 Å². The zero-order chi connectivity index (χ0) is 21.8. The number of nitrogens with zero attached hydrogens (tertiary/aromatic N) is 6. The molecule has 2 heterocycles. The number of hydrogen-bond donors (Lipinski definition) is 2. The fourth-order valence-electron chi connectivity index (χ4n) is 2.81. The highest BCUT2D eigenvalue weighted by Crippen LogP contribution is 2.19. The summed E-state index contributed by atoms with van der Waals surface area (Å²) in [5.74, 6) is 1.06. The highest BCUT2D eigenvalue weighted by molar-refractivity contribution is 9.10. The Morgan fingerprint density at radius 2 is 1.68 bits per heavy atom. The second-order valence-corrected chi connectivity index (χ2v) is 8.51. The number of anilines is 3. The third-order valence-corrected chi connectivity index (χ3v) is 5.17. The Kier molecular flexibility index (Phi) is 6.38. The van der Waals surface area contributed by atoms with Crippen molar-refractivity contribution in [3.05, 3.63) is 80.5 Å². The van der Waals surface area contributed by atoms with Gasteiger partial charge in [0.1, 0.15) is 0 Å². The highest BCUT2D eigenvalue weighted by Gasteiger charge is 2.12. The van der Waals surface area contributed by atoms with Gasteiger partial charge in [-0.25, -0.2) is 10.1 Å². The lowest BCUT2D eigenvalue weighted by molar-refractivity contribution is 0.767. The van der Waals surface area contributed by atoms with Crippen molar-refractivity contribution < 1.29 is 0 Å². The van der Waals surface area contributed by atoms with Gasteiger partial charge >= 0.3 is 0 Å². The van der Waals surface area contributed by atoms with E-state index in [4.69, 9.17) is 0 Å². The number of aryl methyl sites for hydroxylation is 2. The maximum atomic E-state index is 4.53. The minimum atomic E-state index is 0.295. The van der Waals surface area contributed by atoms with Crippen LogP contribution in [0.5, 0.6) is 0 Å². The molecule has 0 aliphatic carbocycles. The fourth-order valence-corrected chi connectivity index (χ4v) is 3.49. The zero-order valence-corrected chi connectivity index (χ0v) is 19.9. The Morgan fingerprint density at radius 3 is 2.39 bits per heavy atom. The number of aromatic nitrogens is 5. The summed E-state index contributed by atoms with van der Waals surface area (Å²) in [6, 6.07) is 17.5. The van der Waals surface area contributed by atoms with Crippen molar-refractivity contribution in [3.8, 4) is 5.95 Å². The van der Waals surface area contributed by atoms with Crippen LogP contribution in [0.25, 0.3) is 5.95 Å². The number of hydrazone groups is 1. The third-order valence-electron chi connectivity index (χ3n) is 4.15. The molecule has 0 unspecified atom stereocenters. The van der Waals surface area contributed by atoms with Crippen LogP contribution in [-0.4, -0.2) is 30.9 Å². The second-order valence-electron chi connectivity index (χ2n) is 6.68. The second kappa shape index (κ2) is 9.36. The molecular weight excluding hydrogens is 524 g/mol. The van der Waals surface area contributed by atoms with E-state index in [0.717, 1.165) is 31.6 Å². The normalized spacial score (nSPS) is 11.1. The quantitative estimate of drug-likeness (QED) is 0.251. The van der Waals surface area contributed by atoms with Gasteiger partial charge < -0.3 is 5.32 Å². The number of halogens is 2. The zero-order valence-electron chi connectivity index (χ0n) is 16.7. The first kappa shape index (κ1) is 21.1. The minimum absolute atomic E-state index is 0.295. The molecule has 0 atom stereocenters. The molecule has 2 aromatic carbocycles. The van der Waals surface area contributed by atoms with Gasteiger partial charge in [-0.05, 0) is 61.9 Å². The average Bonchev–Trinajstić information content (AvgIpc) is 3.08. The van der Waals surface area contributed by atoms with Gasteiger partial charge in [0.2, 0.25) is 11.9 Å². The number of hydrogen-bond acceptors (Lipinski definition) is 7. The lowest BCUT2D eigenvalue weighted by Gasteiger charge is -2.09. The first-order valence-electron chi connectivity index (χ1n) is 9.33. The predicted molar refractivity (Wildman–Crippen MR) is 129 cm³/mol. The Morgan fingerprint density at radius 1 is 0.903 bits per heavy atom. The van der Waals surface area contributed by atoms with Crippen molar-refractivity contribution in [2.45, 2.75) is 13.8 Å². The molecule has 0 spiro atoms. The Labute approximate surface area is 196 Å². The molecular formula is C21H18Br2N8. The summed E-state index contributed by atoms with van der Waals surface area (Å²) < 4.78 is 3.64. The summed E-state index contributed by atoms with van der Waals surface area (Å²) in [4.78, 5) is 13.5. The molecule has 0 bridgehead atoms. The van der Waals surface area contributed by atoms with Crippen LogP contribution in [-0.2, 0) is 0 Å². The van der Waals surface area contributed by atoms with E-state index in [1.165, 1.54) is 0 Å². The van der Waals surface area contributed by atoms with E-state index in [2.05, 4.69) is 67.8 Å². The van der Waals surface area contributed by atoms with Crippen LogP contribution >= 0.6 is 31.9 Å². The van der Waals surface area contributed by atoms with Crippen LogP contribution in [0.15, 0.2) is 68.6 Å². The summed E-state index contributed by atoms with van der Waals surface area (Å²) in [5.41, 5.74) is 6.46. The van der Waals surface area contributed by atoms with Gasteiger partial charge in [0.05, 0.1) is 11.9 Å². The van der Waals surface area contributed by atoms with Crippen LogP contribution in [0.4, 0.5) is 17.6 Å². The van der Waals surface area contributed by atoms with E-state index in [1.54, 1.807) is 10.9 Å². The molecule has 0 radical (unpaired) electrons. The Hall–Kier alpha value is -3.11. The Balaban J connectivity index is 1.65. The van der Waals surface area contributed by atoms with Crippen molar-refractivity contribution in [1.29, 1.82) is 0 Å². The molecule has 0 amide bonds. The molecule has 4 rings (SSSR count). The summed E-state index contributed by atoms with van der Waals surface area (Å²) in [5, 5.41) is 11.9. The number of rotatable bonds is 6. The van der Waals surface area contributed by atoms with E-state index in [-0.39, 0.29) is 0 Å². The average molecular weight is 542 g/mol. The number of nitrogens with one attached hydrogen (secondary N) is 2. The molecule has 0 saturated carbocycles. The SMILES string of the molecule is Cc1cc(C)n(-c2nc(N/N=C\c3cccc(Br)c3)nc(Nc3ccc(Br)cc3)n2)n1.